The Kier molecular flexibility index (Phi) is 28.7. The largest absolute Gasteiger partial charge is 0.364 e. The SMILES string of the molecule is CCNC(=O)CNC.CCNC(=O)COCC(=O)C(C)C.NCCCCCC=O. The first-order valence-corrected chi connectivity index (χ1v) is 10.2. The predicted molar refractivity (Wildman–Crippen MR) is 116 cm³/mol. The van der Waals surface area contributed by atoms with Crippen LogP contribution in [0.2, 0.25) is 0 Å². The molecule has 0 radical (unpaired) electrons. The molecular weight excluding hydrogens is 376 g/mol. The van der Waals surface area contributed by atoms with Gasteiger partial charge in [-0.3, -0.25) is 14.4 Å². The number of ether oxygens (including phenoxy) is 1. The summed E-state index contributed by atoms with van der Waals surface area (Å²) in [5, 5.41) is 7.96. The number of unbranched alkanes of at least 4 members (excludes halogenated alkanes) is 3. The molecule has 29 heavy (non-hydrogen) atoms. The van der Waals surface area contributed by atoms with Gasteiger partial charge < -0.3 is 31.2 Å². The highest BCUT2D eigenvalue weighted by molar-refractivity contribution is 5.82. The molecule has 0 saturated carbocycles. The molecule has 0 bridgehead atoms. The molecule has 0 saturated heterocycles. The average Bonchev–Trinajstić information content (AvgIpc) is 2.67. The lowest BCUT2D eigenvalue weighted by molar-refractivity contribution is -0.131. The van der Waals surface area contributed by atoms with Gasteiger partial charge in [0.1, 0.15) is 19.5 Å². The molecule has 0 atom stereocenters. The van der Waals surface area contributed by atoms with E-state index in [-0.39, 0.29) is 36.7 Å². The van der Waals surface area contributed by atoms with Crippen LogP contribution in [-0.2, 0) is 23.9 Å². The number of Topliss-reactive ketones (excluding diaryl/α,β-unsaturated/α-hetero) is 1. The first-order valence-electron chi connectivity index (χ1n) is 10.2. The molecule has 9 heteroatoms. The molecule has 0 aromatic heterocycles. The Hall–Kier alpha value is -1.84. The fourth-order valence-electron chi connectivity index (χ4n) is 1.63. The lowest BCUT2D eigenvalue weighted by atomic mass is 10.1. The second-order valence-corrected chi connectivity index (χ2v) is 6.36. The maximum atomic E-state index is 11.0. The van der Waals surface area contributed by atoms with Gasteiger partial charge in [-0.2, -0.15) is 0 Å². The highest BCUT2D eigenvalue weighted by Crippen LogP contribution is 1.95. The molecule has 172 valence electrons. The van der Waals surface area contributed by atoms with E-state index in [2.05, 4.69) is 16.0 Å². The van der Waals surface area contributed by atoms with Crippen LogP contribution in [0.3, 0.4) is 0 Å². The van der Waals surface area contributed by atoms with E-state index in [1.165, 1.54) is 0 Å². The van der Waals surface area contributed by atoms with Crippen molar-refractivity contribution in [3.05, 3.63) is 0 Å². The predicted octanol–water partition coefficient (Wildman–Crippen LogP) is 0.411. The zero-order valence-electron chi connectivity index (χ0n) is 18.8. The van der Waals surface area contributed by atoms with Crippen LogP contribution >= 0.6 is 0 Å². The van der Waals surface area contributed by atoms with Gasteiger partial charge in [0.2, 0.25) is 11.8 Å². The highest BCUT2D eigenvalue weighted by Gasteiger charge is 2.07. The standard InChI is InChI=1S/C9H17NO3.C6H13NO.C5H12N2O/c1-4-10-9(12)6-13-5-8(11)7(2)3;7-5-3-1-2-4-6-8;1-3-7-5(8)4-6-2/h7H,4-6H2,1-3H3,(H,10,12);6H,1-5,7H2;6H,3-4H2,1-2H3,(H,7,8). The molecule has 0 aromatic rings. The maximum Gasteiger partial charge on any atom is 0.246 e. The summed E-state index contributed by atoms with van der Waals surface area (Å²) < 4.78 is 4.91. The third-order valence-corrected chi connectivity index (χ3v) is 3.23. The lowest BCUT2D eigenvalue weighted by Crippen LogP contribution is -2.31. The molecule has 2 amide bonds. The van der Waals surface area contributed by atoms with E-state index >= 15 is 0 Å². The second kappa shape index (κ2) is 26.2. The first kappa shape index (κ1) is 31.8. The second-order valence-electron chi connectivity index (χ2n) is 6.36. The van der Waals surface area contributed by atoms with E-state index in [1.54, 1.807) is 20.9 Å². The van der Waals surface area contributed by atoms with Crippen LogP contribution in [0.5, 0.6) is 0 Å². The van der Waals surface area contributed by atoms with Crippen LogP contribution in [0, 0.1) is 5.92 Å². The maximum absolute atomic E-state index is 11.0. The number of carbonyl (C=O) groups is 4. The van der Waals surface area contributed by atoms with Crippen molar-refractivity contribution < 1.29 is 23.9 Å². The summed E-state index contributed by atoms with van der Waals surface area (Å²) in [6, 6.07) is 0. The number of hydrogen-bond acceptors (Lipinski definition) is 7. The summed E-state index contributed by atoms with van der Waals surface area (Å²) >= 11 is 0. The quantitative estimate of drug-likeness (QED) is 0.237. The molecule has 0 aliphatic carbocycles. The molecule has 9 nitrogen and oxygen atoms in total. The molecule has 0 spiro atoms. The van der Waals surface area contributed by atoms with Crippen molar-refractivity contribution in [2.45, 2.75) is 53.4 Å². The van der Waals surface area contributed by atoms with Gasteiger partial charge in [0, 0.05) is 25.4 Å². The molecule has 0 aliphatic rings. The van der Waals surface area contributed by atoms with Crippen LogP contribution in [0.4, 0.5) is 0 Å². The van der Waals surface area contributed by atoms with Gasteiger partial charge in [-0.15, -0.1) is 0 Å². The van der Waals surface area contributed by atoms with Gasteiger partial charge in [0.15, 0.2) is 5.78 Å². The minimum Gasteiger partial charge on any atom is -0.364 e. The van der Waals surface area contributed by atoms with Crippen molar-refractivity contribution >= 4 is 23.9 Å². The van der Waals surface area contributed by atoms with Crippen LogP contribution in [0.1, 0.15) is 53.4 Å². The number of hydrogen-bond donors (Lipinski definition) is 4. The number of nitrogens with two attached hydrogens (primary N) is 1. The van der Waals surface area contributed by atoms with Gasteiger partial charge in [-0.05, 0) is 40.3 Å². The number of ketones is 1. The molecule has 0 heterocycles. The molecule has 0 fully saturated rings. The number of aldehydes is 1. The van der Waals surface area contributed by atoms with Crippen molar-refractivity contribution in [3.8, 4) is 0 Å². The van der Waals surface area contributed by atoms with Crippen molar-refractivity contribution in [1.29, 1.82) is 0 Å². The third kappa shape index (κ3) is 31.1. The summed E-state index contributed by atoms with van der Waals surface area (Å²) in [4.78, 5) is 42.1. The lowest BCUT2D eigenvalue weighted by Gasteiger charge is -2.05. The van der Waals surface area contributed by atoms with E-state index in [1.807, 2.05) is 13.8 Å². The van der Waals surface area contributed by atoms with Crippen LogP contribution in [0.15, 0.2) is 0 Å². The number of rotatable bonds is 14. The van der Waals surface area contributed by atoms with Crippen LogP contribution in [-0.4, -0.2) is 70.3 Å². The summed E-state index contributed by atoms with van der Waals surface area (Å²) in [7, 11) is 1.75. The normalized spacial score (nSPS) is 9.48. The van der Waals surface area contributed by atoms with Crippen LogP contribution < -0.4 is 21.7 Å². The molecule has 0 unspecified atom stereocenters. The number of amides is 2. The molecular formula is C20H42N4O5. The average molecular weight is 419 g/mol. The minimum absolute atomic E-state index is 0.0179. The summed E-state index contributed by atoms with van der Waals surface area (Å²) in [5.74, 6) is -0.146. The van der Waals surface area contributed by atoms with E-state index in [0.29, 0.717) is 26.1 Å². The van der Waals surface area contributed by atoms with E-state index in [9.17, 15) is 19.2 Å². The monoisotopic (exact) mass is 418 g/mol. The fourth-order valence-corrected chi connectivity index (χ4v) is 1.63. The Morgan fingerprint density at radius 3 is 2.00 bits per heavy atom. The highest BCUT2D eigenvalue weighted by atomic mass is 16.5. The first-order chi connectivity index (χ1) is 13.8. The van der Waals surface area contributed by atoms with Crippen molar-refractivity contribution in [3.63, 3.8) is 0 Å². The van der Waals surface area contributed by atoms with Gasteiger partial charge >= 0.3 is 0 Å². The molecule has 5 N–H and O–H groups in total. The zero-order valence-corrected chi connectivity index (χ0v) is 18.8. The van der Waals surface area contributed by atoms with Crippen molar-refractivity contribution in [2.75, 3.05) is 46.4 Å². The smallest absolute Gasteiger partial charge is 0.246 e. The van der Waals surface area contributed by atoms with E-state index in [0.717, 1.165) is 32.1 Å². The third-order valence-electron chi connectivity index (χ3n) is 3.23. The van der Waals surface area contributed by atoms with Gasteiger partial charge in [0.05, 0.1) is 6.54 Å². The van der Waals surface area contributed by atoms with E-state index < -0.39 is 0 Å². The molecule has 0 aromatic carbocycles. The van der Waals surface area contributed by atoms with Gasteiger partial charge in [-0.25, -0.2) is 0 Å². The molecule has 0 rings (SSSR count). The molecule has 0 aliphatic heterocycles. The summed E-state index contributed by atoms with van der Waals surface area (Å²) in [5.41, 5.74) is 5.22. The Morgan fingerprint density at radius 1 is 0.966 bits per heavy atom. The van der Waals surface area contributed by atoms with Crippen LogP contribution in [0.25, 0.3) is 0 Å². The Balaban J connectivity index is -0.000000368. The topological polar surface area (TPSA) is 140 Å². The Bertz CT molecular complexity index is 410. The number of nitrogens with one attached hydrogen (secondary N) is 3. The van der Waals surface area contributed by atoms with Crippen molar-refractivity contribution in [1.82, 2.24) is 16.0 Å². The van der Waals surface area contributed by atoms with Gasteiger partial charge in [-0.1, -0.05) is 20.3 Å². The number of carbonyl (C=O) groups excluding carboxylic acids is 4. The summed E-state index contributed by atoms with van der Waals surface area (Å²) in [6.07, 6.45) is 4.79. The Morgan fingerprint density at radius 2 is 1.55 bits per heavy atom. The number of likely N-dealkylation sites (N-methyl/N-ethyl adjacent to an activating group) is 3. The minimum atomic E-state index is -0.181. The zero-order chi connectivity index (χ0) is 22.9. The van der Waals surface area contributed by atoms with E-state index in [4.69, 9.17) is 10.5 Å². The van der Waals surface area contributed by atoms with Crippen molar-refractivity contribution in [2.24, 2.45) is 11.7 Å². The summed E-state index contributed by atoms with van der Waals surface area (Å²) in [6.45, 7) is 9.77. The Labute approximate surface area is 175 Å². The fraction of sp³-hybridized carbons (Fsp3) is 0.800. The van der Waals surface area contributed by atoms with Gasteiger partial charge in [0.25, 0.3) is 0 Å².